The van der Waals surface area contributed by atoms with E-state index >= 15 is 0 Å². The molecule has 2 aromatic rings. The highest BCUT2D eigenvalue weighted by molar-refractivity contribution is 7.84. The number of β-lactam (4-membered cyclic amide) rings is 1. The predicted molar refractivity (Wildman–Crippen MR) is 117 cm³/mol. The minimum atomic E-state index is -5.06. The zero-order valence-electron chi connectivity index (χ0n) is 18.3. The first-order valence-electron chi connectivity index (χ1n) is 9.57. The van der Waals surface area contributed by atoms with Gasteiger partial charge in [0, 0.05) is 5.38 Å². The third-order valence-electron chi connectivity index (χ3n) is 4.70. The highest BCUT2D eigenvalue weighted by Gasteiger charge is 2.54. The van der Waals surface area contributed by atoms with Crippen molar-refractivity contribution in [2.45, 2.75) is 38.1 Å². The van der Waals surface area contributed by atoms with E-state index in [1.807, 2.05) is 0 Å². The Bertz CT molecular complexity index is 1360. The maximum absolute atomic E-state index is 13.0. The van der Waals surface area contributed by atoms with Gasteiger partial charge in [-0.05, 0) is 13.8 Å². The van der Waals surface area contributed by atoms with Crippen LogP contribution in [0.25, 0.3) is 0 Å². The number of thiazole rings is 1. The molecule has 2 aromatic heterocycles. The van der Waals surface area contributed by atoms with Crippen molar-refractivity contribution in [3.05, 3.63) is 23.0 Å². The summed E-state index contributed by atoms with van der Waals surface area (Å²) in [6.07, 6.45) is 0.943. The van der Waals surface area contributed by atoms with Gasteiger partial charge in [-0.3, -0.25) is 14.1 Å². The molecule has 36 heavy (non-hydrogen) atoms. The minimum Gasteiger partial charge on any atom is -0.478 e. The fraction of sp³-hybridized carbons (Fsp3) is 0.375. The number of carboxylic acid groups (broad SMARTS) is 2. The summed E-state index contributed by atoms with van der Waals surface area (Å²) in [6.45, 7) is 1.82. The average Bonchev–Trinajstić information content (AvgIpc) is 3.40. The molecule has 1 saturated heterocycles. The van der Waals surface area contributed by atoms with Crippen LogP contribution in [0.3, 0.4) is 0 Å². The first-order valence-corrected chi connectivity index (χ1v) is 11.9. The zero-order chi connectivity index (χ0) is 27.0. The van der Waals surface area contributed by atoms with E-state index in [1.165, 1.54) is 5.38 Å². The summed E-state index contributed by atoms with van der Waals surface area (Å²) in [6, 6.07) is -3.01. The molecule has 0 unspecified atom stereocenters. The summed E-state index contributed by atoms with van der Waals surface area (Å²) in [5.41, 5.74) is 2.53. The summed E-state index contributed by atoms with van der Waals surface area (Å²) in [7, 11) is -5.06. The number of anilines is 1. The molecule has 1 aliphatic heterocycles. The van der Waals surface area contributed by atoms with Gasteiger partial charge >= 0.3 is 22.2 Å². The van der Waals surface area contributed by atoms with Gasteiger partial charge in [-0.1, -0.05) is 10.4 Å². The molecule has 20 heteroatoms. The largest absolute Gasteiger partial charge is 0.478 e. The van der Waals surface area contributed by atoms with Crippen molar-refractivity contribution in [1.29, 1.82) is 0 Å². The van der Waals surface area contributed by atoms with E-state index in [1.54, 1.807) is 0 Å². The smallest absolute Gasteiger partial charge is 0.362 e. The lowest BCUT2D eigenvalue weighted by Gasteiger charge is -2.43. The number of carbonyl (C=O) groups excluding carboxylic acids is 2. The molecular formula is C16H18N8O10S2. The third kappa shape index (κ3) is 5.39. The Labute approximate surface area is 205 Å². The minimum absolute atomic E-state index is 0.0264. The molecule has 0 aliphatic carbocycles. The van der Waals surface area contributed by atoms with Crippen LogP contribution < -0.4 is 11.1 Å². The Balaban J connectivity index is 1.90. The molecule has 18 nitrogen and oxygen atoms in total. The van der Waals surface area contributed by atoms with Gasteiger partial charge in [-0.15, -0.1) is 16.4 Å². The quantitative estimate of drug-likeness (QED) is 0.0915. The number of nitrogens with zero attached hydrogens (tertiary/aromatic N) is 6. The Morgan fingerprint density at radius 2 is 1.97 bits per heavy atom. The first-order chi connectivity index (χ1) is 16.6. The maximum atomic E-state index is 13.0. The summed E-state index contributed by atoms with van der Waals surface area (Å²) >= 11 is 0.920. The van der Waals surface area contributed by atoms with Gasteiger partial charge in [0.05, 0.1) is 18.8 Å². The van der Waals surface area contributed by atoms with E-state index in [9.17, 15) is 37.3 Å². The van der Waals surface area contributed by atoms with Gasteiger partial charge in [-0.2, -0.15) is 8.42 Å². The second-order valence-corrected chi connectivity index (χ2v) is 9.86. The number of rotatable bonds is 10. The van der Waals surface area contributed by atoms with E-state index < -0.39 is 69.7 Å². The molecule has 1 aliphatic rings. The second-order valence-electron chi connectivity index (χ2n) is 7.68. The Morgan fingerprint density at radius 1 is 1.31 bits per heavy atom. The molecule has 194 valence electrons. The Hall–Kier alpha value is -4.17. The third-order valence-corrected chi connectivity index (χ3v) is 6.32. The molecule has 0 spiro atoms. The maximum Gasteiger partial charge on any atom is 0.362 e. The number of oxime groups is 1. The summed E-state index contributed by atoms with van der Waals surface area (Å²) < 4.78 is 33.8. The lowest BCUT2D eigenvalue weighted by atomic mass is 9.98. The number of nitrogens with two attached hydrogens (primary N) is 1. The van der Waals surface area contributed by atoms with Crippen molar-refractivity contribution >= 4 is 56.2 Å². The van der Waals surface area contributed by atoms with E-state index in [0.717, 1.165) is 36.1 Å². The number of aliphatic carboxylic acids is 1. The predicted octanol–water partition coefficient (Wildman–Crippen LogP) is -2.20. The van der Waals surface area contributed by atoms with Gasteiger partial charge in [0.25, 0.3) is 11.8 Å². The van der Waals surface area contributed by atoms with Crippen LogP contribution in [0.4, 0.5) is 5.13 Å². The molecule has 2 atom stereocenters. The molecule has 0 radical (unpaired) electrons. The van der Waals surface area contributed by atoms with Crippen LogP contribution in [0.5, 0.6) is 0 Å². The van der Waals surface area contributed by atoms with E-state index in [4.69, 9.17) is 15.7 Å². The normalized spacial score (nSPS) is 18.5. The molecule has 2 amide bonds. The number of nitrogens with one attached hydrogen (secondary N) is 1. The van der Waals surface area contributed by atoms with Gasteiger partial charge in [0.1, 0.15) is 11.7 Å². The van der Waals surface area contributed by atoms with E-state index in [0.29, 0.717) is 0 Å². The average molecular weight is 547 g/mol. The number of nitrogen functional groups attached to an aromatic ring is 1. The van der Waals surface area contributed by atoms with E-state index in [2.05, 4.69) is 25.8 Å². The highest BCUT2D eigenvalue weighted by Crippen LogP contribution is 2.25. The molecule has 6 N–H and O–H groups in total. The van der Waals surface area contributed by atoms with Gasteiger partial charge in [-0.25, -0.2) is 23.6 Å². The molecule has 0 saturated carbocycles. The van der Waals surface area contributed by atoms with Crippen molar-refractivity contribution < 1.29 is 47.2 Å². The monoisotopic (exact) mass is 546 g/mol. The number of carbonyl (C=O) groups is 4. The highest BCUT2D eigenvalue weighted by atomic mass is 32.2. The van der Waals surface area contributed by atoms with Crippen LogP contribution >= 0.6 is 11.3 Å². The number of aromatic carboxylic acids is 1. The van der Waals surface area contributed by atoms with Crippen LogP contribution in [0.15, 0.2) is 16.7 Å². The van der Waals surface area contributed by atoms with Crippen LogP contribution in [0, 0.1) is 0 Å². The fourth-order valence-corrected chi connectivity index (χ4v) is 4.25. The van der Waals surface area contributed by atoms with Crippen LogP contribution in [0.1, 0.15) is 30.0 Å². The van der Waals surface area contributed by atoms with Crippen molar-refractivity contribution in [1.82, 2.24) is 29.6 Å². The van der Waals surface area contributed by atoms with Gasteiger partial charge in [0.2, 0.25) is 5.60 Å². The lowest BCUT2D eigenvalue weighted by Crippen LogP contribution is -2.73. The molecule has 1 fully saturated rings. The molecule has 3 rings (SSSR count). The SMILES string of the molecule is CC(C)(O/N=C(/C(=O)N[C@@H]1C(=O)N(S(=O)(=O)O)[C@@H]1Cn1cc(C(=O)O)nn1)c1csc(N)n1)C(=O)O. The topological polar surface area (TPSA) is 270 Å². The van der Waals surface area contributed by atoms with Crippen molar-refractivity contribution in [3.63, 3.8) is 0 Å². The van der Waals surface area contributed by atoms with E-state index in [-0.39, 0.29) is 15.1 Å². The number of amides is 2. The number of carboxylic acids is 2. The molecule has 0 aromatic carbocycles. The molecular weight excluding hydrogens is 528 g/mol. The van der Waals surface area contributed by atoms with Crippen LogP contribution in [0.2, 0.25) is 0 Å². The first kappa shape index (κ1) is 26.4. The zero-order valence-corrected chi connectivity index (χ0v) is 19.9. The number of hydrogen-bond acceptors (Lipinski definition) is 13. The van der Waals surface area contributed by atoms with Crippen molar-refractivity contribution in [2.24, 2.45) is 5.16 Å². The van der Waals surface area contributed by atoms with Crippen molar-refractivity contribution in [3.8, 4) is 0 Å². The van der Waals surface area contributed by atoms with Crippen LogP contribution in [-0.2, 0) is 36.1 Å². The summed E-state index contributed by atoms with van der Waals surface area (Å²) in [4.78, 5) is 56.6. The molecule has 3 heterocycles. The molecule has 0 bridgehead atoms. The summed E-state index contributed by atoms with van der Waals surface area (Å²) in [5.74, 6) is -5.17. The Kier molecular flexibility index (Phi) is 6.95. The Morgan fingerprint density at radius 3 is 2.47 bits per heavy atom. The van der Waals surface area contributed by atoms with Gasteiger partial charge in [0.15, 0.2) is 16.5 Å². The number of hydrogen-bond donors (Lipinski definition) is 5. The van der Waals surface area contributed by atoms with Crippen LogP contribution in [-0.4, -0.2) is 94.6 Å². The fourth-order valence-electron chi connectivity index (χ4n) is 2.83. The lowest BCUT2D eigenvalue weighted by molar-refractivity contribution is -0.161. The second kappa shape index (κ2) is 9.47. The standard InChI is InChI=1S/C16H18N8O10S2/c1-16(2,14(29)30)34-21-9(7-5-35-15(17)18-7)11(25)19-10-8(24(12(10)26)36(31,32)33)4-23-3-6(13(27)28)20-22-23/h3,5,8,10H,4H2,1-2H3,(H2,17,18)(H,19,25)(H,27,28)(H,29,30)(H,31,32,33)/b21-9+/t8-,10+/m1/s1. The number of aromatic nitrogens is 4. The summed E-state index contributed by atoms with van der Waals surface area (Å²) in [5, 5.41) is 32.1. The van der Waals surface area contributed by atoms with Crippen molar-refractivity contribution in [2.75, 3.05) is 5.73 Å². The van der Waals surface area contributed by atoms with Gasteiger partial charge < -0.3 is 26.1 Å².